The molecule has 4 nitrogen and oxygen atoms in total. The van der Waals surface area contributed by atoms with Gasteiger partial charge >= 0.3 is 0 Å². The molecule has 4 rings (SSSR count). The molecule has 1 aliphatic rings. The van der Waals surface area contributed by atoms with Gasteiger partial charge in [-0.1, -0.05) is 52.5 Å². The molecular weight excluding hydrogens is 549 g/mol. The molecule has 0 heterocycles. The third-order valence-electron chi connectivity index (χ3n) is 5.14. The van der Waals surface area contributed by atoms with E-state index in [9.17, 15) is 9.59 Å². The zero-order valence-corrected chi connectivity index (χ0v) is 21.0. The number of halogens is 6. The van der Waals surface area contributed by atoms with Gasteiger partial charge in [-0.3, -0.25) is 9.59 Å². The Hall–Kier alpha value is -1.66. The maximum atomic E-state index is 12.9. The van der Waals surface area contributed by atoms with Crippen molar-refractivity contribution in [1.82, 2.24) is 0 Å². The van der Waals surface area contributed by atoms with Crippen LogP contribution in [0.5, 0.6) is 0 Å². The Morgan fingerprint density at radius 1 is 0.758 bits per heavy atom. The fourth-order valence-corrected chi connectivity index (χ4v) is 5.35. The number of nitrogens with one attached hydrogen (secondary N) is 2. The first-order valence-corrected chi connectivity index (χ1v) is 11.8. The molecule has 3 aromatic carbocycles. The second-order valence-corrected chi connectivity index (χ2v) is 10.6. The van der Waals surface area contributed by atoms with E-state index < -0.39 is 28.0 Å². The van der Waals surface area contributed by atoms with Crippen LogP contribution in [0.3, 0.4) is 0 Å². The number of amides is 2. The van der Waals surface area contributed by atoms with Crippen molar-refractivity contribution in [2.75, 3.05) is 10.6 Å². The Balaban J connectivity index is 1.51. The molecule has 33 heavy (non-hydrogen) atoms. The van der Waals surface area contributed by atoms with Crippen molar-refractivity contribution in [2.24, 2.45) is 5.92 Å². The quantitative estimate of drug-likeness (QED) is 0.309. The van der Waals surface area contributed by atoms with Crippen molar-refractivity contribution in [1.29, 1.82) is 0 Å². The number of carbonyl (C=O) groups excluding carboxylic acids is 2. The van der Waals surface area contributed by atoms with E-state index >= 15 is 0 Å². The van der Waals surface area contributed by atoms with Gasteiger partial charge in [0.25, 0.3) is 5.91 Å². The second kappa shape index (κ2) is 9.53. The molecule has 0 unspecified atom stereocenters. The maximum absolute atomic E-state index is 12.9. The molecule has 0 radical (unpaired) electrons. The lowest BCUT2D eigenvalue weighted by Gasteiger charge is -2.10. The van der Waals surface area contributed by atoms with Crippen LogP contribution in [0.15, 0.2) is 60.7 Å². The Morgan fingerprint density at radius 3 is 2.09 bits per heavy atom. The van der Waals surface area contributed by atoms with Crippen molar-refractivity contribution < 1.29 is 9.59 Å². The highest BCUT2D eigenvalue weighted by atomic mass is 35.5. The van der Waals surface area contributed by atoms with E-state index in [1.165, 1.54) is 12.1 Å². The fourth-order valence-electron chi connectivity index (χ4n) is 3.58. The summed E-state index contributed by atoms with van der Waals surface area (Å²) in [5.41, 5.74) is 1.70. The summed E-state index contributed by atoms with van der Waals surface area (Å²) in [5, 5.41) is 7.00. The van der Waals surface area contributed by atoms with Crippen LogP contribution < -0.4 is 10.6 Å². The SMILES string of the molecule is O=C(Nc1cccc(Cl)c1)c1cc(NC(=O)[C@@H]2[C@@H](c3cc(Cl)cc(Cl)c3)C2(Cl)Cl)ccc1Cl. The lowest BCUT2D eigenvalue weighted by atomic mass is 10.1. The molecular formula is C23H14Cl6N2O2. The molecule has 3 aromatic rings. The van der Waals surface area contributed by atoms with Crippen LogP contribution in [0.4, 0.5) is 11.4 Å². The van der Waals surface area contributed by atoms with E-state index in [1.807, 2.05) is 0 Å². The summed E-state index contributed by atoms with van der Waals surface area (Å²) in [6.07, 6.45) is 0. The van der Waals surface area contributed by atoms with Gasteiger partial charge in [-0.2, -0.15) is 0 Å². The van der Waals surface area contributed by atoms with Gasteiger partial charge in [0.15, 0.2) is 0 Å². The normalized spacial score (nSPS) is 18.5. The molecule has 0 saturated heterocycles. The van der Waals surface area contributed by atoms with Crippen LogP contribution in [-0.4, -0.2) is 16.1 Å². The van der Waals surface area contributed by atoms with Gasteiger partial charge in [0.05, 0.1) is 16.5 Å². The number of benzene rings is 3. The van der Waals surface area contributed by atoms with E-state index in [-0.39, 0.29) is 10.6 Å². The Bertz CT molecular complexity index is 1240. The van der Waals surface area contributed by atoms with E-state index in [2.05, 4.69) is 10.6 Å². The third kappa shape index (κ3) is 5.37. The number of hydrogen-bond donors (Lipinski definition) is 2. The van der Waals surface area contributed by atoms with Crippen molar-refractivity contribution >= 4 is 92.8 Å². The van der Waals surface area contributed by atoms with Crippen molar-refractivity contribution in [2.45, 2.75) is 10.3 Å². The minimum absolute atomic E-state index is 0.173. The van der Waals surface area contributed by atoms with Gasteiger partial charge in [-0.25, -0.2) is 0 Å². The monoisotopic (exact) mass is 560 g/mol. The molecule has 0 aromatic heterocycles. The largest absolute Gasteiger partial charge is 0.326 e. The van der Waals surface area contributed by atoms with Crippen LogP contribution in [0.2, 0.25) is 20.1 Å². The van der Waals surface area contributed by atoms with E-state index in [0.29, 0.717) is 32.0 Å². The summed E-state index contributed by atoms with van der Waals surface area (Å²) < 4.78 is -1.32. The number of alkyl halides is 2. The number of anilines is 2. The Morgan fingerprint density at radius 2 is 1.42 bits per heavy atom. The standard InChI is InChI=1S/C23H14Cl6N2O2/c24-12-2-1-3-15(9-12)30-21(32)17-10-16(4-5-18(17)27)31-22(33)20-19(23(20,28)29)11-6-13(25)8-14(26)7-11/h1-10,19-20H,(H,30,32)(H,31,33)/t19-,20+/m1/s1. The molecule has 0 spiro atoms. The predicted molar refractivity (Wildman–Crippen MR) is 137 cm³/mol. The van der Waals surface area contributed by atoms with E-state index in [4.69, 9.17) is 69.6 Å². The van der Waals surface area contributed by atoms with Gasteiger partial charge < -0.3 is 10.6 Å². The van der Waals surface area contributed by atoms with Crippen LogP contribution in [0.1, 0.15) is 21.8 Å². The fraction of sp³-hybridized carbons (Fsp3) is 0.130. The summed E-state index contributed by atoms with van der Waals surface area (Å²) in [6, 6.07) is 16.2. The average Bonchev–Trinajstić information content (AvgIpc) is 3.31. The molecule has 0 bridgehead atoms. The molecule has 1 aliphatic carbocycles. The number of carbonyl (C=O) groups is 2. The highest BCUT2D eigenvalue weighted by Crippen LogP contribution is 2.65. The average molecular weight is 563 g/mol. The first-order valence-electron chi connectivity index (χ1n) is 9.57. The van der Waals surface area contributed by atoms with Gasteiger partial charge in [0, 0.05) is 32.4 Å². The zero-order valence-electron chi connectivity index (χ0n) is 16.5. The Kier molecular flexibility index (Phi) is 7.07. The third-order valence-corrected chi connectivity index (χ3v) is 7.08. The molecule has 1 fully saturated rings. The molecule has 2 N–H and O–H groups in total. The van der Waals surface area contributed by atoms with Crippen molar-refractivity contribution in [3.8, 4) is 0 Å². The lowest BCUT2D eigenvalue weighted by Crippen LogP contribution is -2.18. The highest BCUT2D eigenvalue weighted by Gasteiger charge is 2.67. The molecule has 170 valence electrons. The van der Waals surface area contributed by atoms with Crippen LogP contribution in [0, 0.1) is 5.92 Å². The summed E-state index contributed by atoms with van der Waals surface area (Å²) in [6.45, 7) is 0. The minimum Gasteiger partial charge on any atom is -0.326 e. The first-order chi connectivity index (χ1) is 15.6. The zero-order chi connectivity index (χ0) is 23.9. The molecule has 0 aliphatic heterocycles. The first kappa shape index (κ1) is 24.5. The van der Waals surface area contributed by atoms with Crippen molar-refractivity contribution in [3.63, 3.8) is 0 Å². The maximum Gasteiger partial charge on any atom is 0.257 e. The van der Waals surface area contributed by atoms with Gasteiger partial charge in [0.2, 0.25) is 5.91 Å². The predicted octanol–water partition coefficient (Wildman–Crippen LogP) is 8.08. The topological polar surface area (TPSA) is 58.2 Å². The van der Waals surface area contributed by atoms with Crippen molar-refractivity contribution in [3.05, 3.63) is 91.9 Å². The molecule has 2 atom stereocenters. The van der Waals surface area contributed by atoms with E-state index in [0.717, 1.165) is 0 Å². The Labute approximate surface area is 220 Å². The van der Waals surface area contributed by atoms with E-state index in [1.54, 1.807) is 48.5 Å². The summed E-state index contributed by atoms with van der Waals surface area (Å²) in [4.78, 5) is 25.7. The van der Waals surface area contributed by atoms with Gasteiger partial charge in [-0.05, 0) is 60.2 Å². The number of rotatable bonds is 5. The lowest BCUT2D eigenvalue weighted by molar-refractivity contribution is -0.117. The van der Waals surface area contributed by atoms with Gasteiger partial charge in [-0.15, -0.1) is 23.2 Å². The molecule has 1 saturated carbocycles. The highest BCUT2D eigenvalue weighted by molar-refractivity contribution is 6.53. The van der Waals surface area contributed by atoms with Gasteiger partial charge in [0.1, 0.15) is 4.33 Å². The summed E-state index contributed by atoms with van der Waals surface area (Å²) in [5.74, 6) is -2.10. The molecule has 10 heteroatoms. The van der Waals surface area contributed by atoms with Crippen LogP contribution >= 0.6 is 69.6 Å². The summed E-state index contributed by atoms with van der Waals surface area (Å²) >= 11 is 37.1. The minimum atomic E-state index is -1.32. The summed E-state index contributed by atoms with van der Waals surface area (Å²) in [7, 11) is 0. The smallest absolute Gasteiger partial charge is 0.257 e. The molecule has 2 amide bonds. The van der Waals surface area contributed by atoms with Crippen LogP contribution in [0.25, 0.3) is 0 Å². The second-order valence-electron chi connectivity index (χ2n) is 7.48. The van der Waals surface area contributed by atoms with Crippen LogP contribution in [-0.2, 0) is 4.79 Å². The number of hydrogen-bond acceptors (Lipinski definition) is 2.